The van der Waals surface area contributed by atoms with Crippen molar-refractivity contribution in [2.75, 3.05) is 0 Å². The van der Waals surface area contributed by atoms with Crippen LogP contribution in [0.5, 0.6) is 0 Å². The number of nitrogens with zero attached hydrogens (tertiary/aromatic N) is 2. The van der Waals surface area contributed by atoms with Gasteiger partial charge in [0, 0.05) is 34.0 Å². The van der Waals surface area contributed by atoms with Gasteiger partial charge in [0.2, 0.25) is 0 Å². The molecule has 2 heterocycles. The van der Waals surface area contributed by atoms with Crippen LogP contribution in [-0.2, 0) is 6.42 Å². The number of fused-ring (bicyclic) bond motifs is 2. The number of amidine groups is 2. The van der Waals surface area contributed by atoms with Gasteiger partial charge in [0.15, 0.2) is 0 Å². The predicted molar refractivity (Wildman–Crippen MR) is 141 cm³/mol. The minimum absolute atomic E-state index is 0. The number of hydrogen-bond donors (Lipinski definition) is 2. The molecule has 0 saturated heterocycles. The van der Waals surface area contributed by atoms with Gasteiger partial charge in [-0.2, -0.15) is 0 Å². The van der Waals surface area contributed by atoms with E-state index in [1.165, 1.54) is 0 Å². The number of halogens is 2. The number of furan rings is 2. The lowest BCUT2D eigenvalue weighted by Gasteiger charge is -2.03. The fraction of sp³-hybridized carbons (Fsp3) is 0.280. The van der Waals surface area contributed by atoms with E-state index >= 15 is 0 Å². The summed E-state index contributed by atoms with van der Waals surface area (Å²) in [5, 5.41) is 1.98. The molecule has 0 unspecified atom stereocenters. The maximum atomic E-state index is 6.11. The van der Waals surface area contributed by atoms with Crippen molar-refractivity contribution in [3.8, 4) is 0 Å². The van der Waals surface area contributed by atoms with E-state index in [0.29, 0.717) is 18.1 Å². The summed E-state index contributed by atoms with van der Waals surface area (Å²) in [5.41, 5.74) is 15.6. The molecule has 0 radical (unpaired) electrons. The molecule has 0 bridgehead atoms. The molecule has 0 atom stereocenters. The third-order valence-corrected chi connectivity index (χ3v) is 4.87. The van der Waals surface area contributed by atoms with E-state index in [-0.39, 0.29) is 36.9 Å². The lowest BCUT2D eigenvalue weighted by atomic mass is 10.1. The van der Waals surface area contributed by atoms with Crippen molar-refractivity contribution in [3.63, 3.8) is 0 Å². The Labute approximate surface area is 206 Å². The van der Waals surface area contributed by atoms with Crippen molar-refractivity contribution < 1.29 is 8.83 Å². The highest BCUT2D eigenvalue weighted by Crippen LogP contribution is 2.26. The van der Waals surface area contributed by atoms with Crippen LogP contribution in [0.1, 0.15) is 50.3 Å². The summed E-state index contributed by atoms with van der Waals surface area (Å²) in [6, 6.07) is 16.1. The van der Waals surface area contributed by atoms with Crippen LogP contribution in [0, 0.1) is 0 Å². The summed E-state index contributed by atoms with van der Waals surface area (Å²) in [5.74, 6) is 2.72. The van der Waals surface area contributed by atoms with Crippen molar-refractivity contribution in [1.29, 1.82) is 0 Å². The molecular formula is C25H30Cl2N4O2. The zero-order chi connectivity index (χ0) is 22.1. The van der Waals surface area contributed by atoms with Gasteiger partial charge in [-0.15, -0.1) is 24.8 Å². The van der Waals surface area contributed by atoms with Crippen LogP contribution in [0.4, 0.5) is 0 Å². The molecule has 4 rings (SSSR count). The Bertz CT molecular complexity index is 1200. The zero-order valence-electron chi connectivity index (χ0n) is 19.2. The van der Waals surface area contributed by atoms with Gasteiger partial charge >= 0.3 is 0 Å². The van der Waals surface area contributed by atoms with Crippen LogP contribution in [-0.4, -0.2) is 23.8 Å². The number of aliphatic imine (C=N–C) groups is 2. The van der Waals surface area contributed by atoms with Gasteiger partial charge in [0.25, 0.3) is 0 Å². The smallest absolute Gasteiger partial charge is 0.134 e. The molecule has 33 heavy (non-hydrogen) atoms. The first-order chi connectivity index (χ1) is 14.8. The monoisotopic (exact) mass is 488 g/mol. The molecule has 0 spiro atoms. The summed E-state index contributed by atoms with van der Waals surface area (Å²) in [7, 11) is 0. The Kier molecular flexibility index (Phi) is 8.58. The molecule has 0 fully saturated rings. The molecule has 176 valence electrons. The summed E-state index contributed by atoms with van der Waals surface area (Å²) in [4.78, 5) is 8.84. The summed E-state index contributed by atoms with van der Waals surface area (Å²) in [6.45, 7) is 8.01. The summed E-state index contributed by atoms with van der Waals surface area (Å²) >= 11 is 0. The molecule has 4 aromatic rings. The van der Waals surface area contributed by atoms with E-state index in [2.05, 4.69) is 9.98 Å². The van der Waals surface area contributed by atoms with E-state index in [1.807, 2.05) is 76.2 Å². The van der Waals surface area contributed by atoms with E-state index in [4.69, 9.17) is 20.3 Å². The Morgan fingerprint density at radius 3 is 1.45 bits per heavy atom. The second-order valence-corrected chi connectivity index (χ2v) is 8.32. The molecule has 0 aliphatic carbocycles. The van der Waals surface area contributed by atoms with Gasteiger partial charge in [-0.1, -0.05) is 0 Å². The van der Waals surface area contributed by atoms with Gasteiger partial charge in [-0.25, -0.2) is 0 Å². The van der Waals surface area contributed by atoms with Crippen LogP contribution in [0.15, 0.2) is 67.4 Å². The SMILES string of the molecule is CC(C)N=C(N)c1ccc2oc(Cc3cc4cc(C(N)=NC(C)C)ccc4o3)cc2c1.Cl.Cl. The van der Waals surface area contributed by atoms with Crippen molar-refractivity contribution in [3.05, 3.63) is 71.2 Å². The maximum Gasteiger partial charge on any atom is 0.134 e. The largest absolute Gasteiger partial charge is 0.461 e. The fourth-order valence-corrected chi connectivity index (χ4v) is 3.57. The standard InChI is InChI=1S/C25H28N4O2.2ClH/c1-14(2)28-24(26)16-5-7-22-18(9-16)11-20(30-22)13-21-12-19-10-17(6-8-23(19)31-21)25(27)29-15(3)4;;/h5-12,14-15H,13H2,1-4H3,(H2,26,28)(H2,27,29);2*1H. The Balaban J connectivity index is 0.00000193. The van der Waals surface area contributed by atoms with Crippen molar-refractivity contribution in [2.24, 2.45) is 21.5 Å². The van der Waals surface area contributed by atoms with E-state index in [0.717, 1.165) is 44.6 Å². The van der Waals surface area contributed by atoms with Crippen LogP contribution in [0.2, 0.25) is 0 Å². The van der Waals surface area contributed by atoms with E-state index in [9.17, 15) is 0 Å². The predicted octanol–water partition coefficient (Wildman–Crippen LogP) is 5.84. The molecule has 2 aromatic carbocycles. The summed E-state index contributed by atoms with van der Waals surface area (Å²) < 4.78 is 12.0. The molecule has 8 heteroatoms. The molecule has 0 saturated carbocycles. The van der Waals surface area contributed by atoms with Crippen molar-refractivity contribution in [2.45, 2.75) is 46.2 Å². The van der Waals surface area contributed by atoms with Crippen LogP contribution < -0.4 is 11.5 Å². The highest BCUT2D eigenvalue weighted by molar-refractivity contribution is 6.01. The summed E-state index contributed by atoms with van der Waals surface area (Å²) in [6.07, 6.45) is 0.555. The minimum Gasteiger partial charge on any atom is -0.461 e. The van der Waals surface area contributed by atoms with Gasteiger partial charge in [-0.3, -0.25) is 9.98 Å². The second-order valence-electron chi connectivity index (χ2n) is 8.32. The topological polar surface area (TPSA) is 103 Å². The molecule has 6 nitrogen and oxygen atoms in total. The normalized spacial score (nSPS) is 12.4. The van der Waals surface area contributed by atoms with Gasteiger partial charge in [0.1, 0.15) is 34.4 Å². The first-order valence-corrected chi connectivity index (χ1v) is 10.5. The Morgan fingerprint density at radius 1 is 0.697 bits per heavy atom. The number of benzene rings is 2. The number of rotatable bonds is 6. The van der Waals surface area contributed by atoms with Gasteiger partial charge < -0.3 is 20.3 Å². The lowest BCUT2D eigenvalue weighted by molar-refractivity contribution is 0.512. The molecule has 0 amide bonds. The quantitative estimate of drug-likeness (QED) is 0.262. The zero-order valence-corrected chi connectivity index (χ0v) is 20.8. The first-order valence-electron chi connectivity index (χ1n) is 10.5. The highest BCUT2D eigenvalue weighted by Gasteiger charge is 2.12. The van der Waals surface area contributed by atoms with Crippen LogP contribution in [0.25, 0.3) is 21.9 Å². The Hall–Kier alpha value is -2.96. The third kappa shape index (κ3) is 6.09. The lowest BCUT2D eigenvalue weighted by Crippen LogP contribution is -2.15. The first kappa shape index (κ1) is 26.3. The number of nitrogens with two attached hydrogens (primary N) is 2. The maximum absolute atomic E-state index is 6.11. The van der Waals surface area contributed by atoms with E-state index in [1.54, 1.807) is 0 Å². The third-order valence-electron chi connectivity index (χ3n) is 4.87. The highest BCUT2D eigenvalue weighted by atomic mass is 35.5. The van der Waals surface area contributed by atoms with Gasteiger partial charge in [-0.05, 0) is 76.2 Å². The fourth-order valence-electron chi connectivity index (χ4n) is 3.57. The van der Waals surface area contributed by atoms with Crippen molar-refractivity contribution in [1.82, 2.24) is 0 Å². The van der Waals surface area contributed by atoms with Crippen molar-refractivity contribution >= 4 is 58.4 Å². The van der Waals surface area contributed by atoms with Gasteiger partial charge in [0.05, 0.1) is 6.42 Å². The van der Waals surface area contributed by atoms with E-state index < -0.39 is 0 Å². The average molecular weight is 489 g/mol. The second kappa shape index (κ2) is 10.8. The molecule has 0 aliphatic heterocycles. The Morgan fingerprint density at radius 2 is 1.09 bits per heavy atom. The molecule has 2 aromatic heterocycles. The van der Waals surface area contributed by atoms with Crippen LogP contribution >= 0.6 is 24.8 Å². The minimum atomic E-state index is 0. The molecule has 4 N–H and O–H groups in total. The number of hydrogen-bond acceptors (Lipinski definition) is 4. The average Bonchev–Trinajstić information content (AvgIpc) is 3.28. The van der Waals surface area contributed by atoms with Crippen LogP contribution in [0.3, 0.4) is 0 Å². The molecular weight excluding hydrogens is 459 g/mol. The molecule has 0 aliphatic rings.